The molecule has 0 amide bonds. The summed E-state index contributed by atoms with van der Waals surface area (Å²) in [7, 11) is 0. The van der Waals surface area contributed by atoms with Gasteiger partial charge in [-0.1, -0.05) is 41.5 Å². The van der Waals surface area contributed by atoms with Gasteiger partial charge in [-0.25, -0.2) is 9.13 Å². The number of rotatable bonds is 5. The van der Waals surface area contributed by atoms with Gasteiger partial charge in [0.1, 0.15) is 31.1 Å². The summed E-state index contributed by atoms with van der Waals surface area (Å²) in [5.41, 5.74) is 0.428. The minimum atomic E-state index is -0.702. The van der Waals surface area contributed by atoms with Crippen LogP contribution in [0.5, 0.6) is 0 Å². The van der Waals surface area contributed by atoms with Gasteiger partial charge in [0.25, 0.3) is 0 Å². The molecule has 0 fully saturated rings. The lowest BCUT2D eigenvalue weighted by Gasteiger charge is -2.33. The van der Waals surface area contributed by atoms with E-state index >= 15 is 0 Å². The summed E-state index contributed by atoms with van der Waals surface area (Å²) < 4.78 is 4.16. The van der Waals surface area contributed by atoms with Crippen molar-refractivity contribution in [2.75, 3.05) is 6.61 Å². The first-order valence-corrected chi connectivity index (χ1v) is 7.38. The molecule has 1 rings (SSSR count). The van der Waals surface area contributed by atoms with Crippen LogP contribution in [0.15, 0.2) is 18.7 Å². The predicted molar refractivity (Wildman–Crippen MR) is 80.3 cm³/mol. The highest BCUT2D eigenvalue weighted by molar-refractivity contribution is 4.86. The summed E-state index contributed by atoms with van der Waals surface area (Å²) in [6.45, 7) is 13.8. The van der Waals surface area contributed by atoms with Gasteiger partial charge in [0, 0.05) is 5.41 Å². The summed E-state index contributed by atoms with van der Waals surface area (Å²) in [6, 6.07) is 0.398. The van der Waals surface area contributed by atoms with Crippen molar-refractivity contribution in [3.05, 3.63) is 18.7 Å². The molecule has 1 aromatic rings. The van der Waals surface area contributed by atoms with E-state index in [1.807, 2.05) is 17.1 Å². The van der Waals surface area contributed by atoms with Gasteiger partial charge in [0.05, 0.1) is 6.61 Å². The second kappa shape index (κ2) is 6.27. The van der Waals surface area contributed by atoms with E-state index in [2.05, 4.69) is 52.3 Å². The second-order valence-corrected chi connectivity index (χ2v) is 8.04. The smallest absolute Gasteiger partial charge is 0.244 e. The SMILES string of the molecule is CC(C)(C)CC(n1cc[n+](CC(O)CO)c1)C(C)(C)C. The Labute approximate surface area is 123 Å². The van der Waals surface area contributed by atoms with Crippen molar-refractivity contribution < 1.29 is 14.8 Å². The Morgan fingerprint density at radius 1 is 1.15 bits per heavy atom. The van der Waals surface area contributed by atoms with E-state index < -0.39 is 6.10 Å². The highest BCUT2D eigenvalue weighted by atomic mass is 16.3. The van der Waals surface area contributed by atoms with Crippen LogP contribution in [0.25, 0.3) is 0 Å². The molecule has 0 aromatic carbocycles. The maximum absolute atomic E-state index is 9.53. The van der Waals surface area contributed by atoms with E-state index in [9.17, 15) is 5.11 Å². The van der Waals surface area contributed by atoms with Crippen LogP contribution < -0.4 is 4.57 Å². The first-order valence-electron chi connectivity index (χ1n) is 7.38. The van der Waals surface area contributed by atoms with Crippen molar-refractivity contribution in [2.24, 2.45) is 10.8 Å². The molecule has 4 heteroatoms. The Bertz CT molecular complexity index is 413. The van der Waals surface area contributed by atoms with Crippen molar-refractivity contribution in [1.29, 1.82) is 0 Å². The molecular weight excluding hydrogens is 252 g/mol. The van der Waals surface area contributed by atoms with Gasteiger partial charge < -0.3 is 10.2 Å². The zero-order valence-corrected chi connectivity index (χ0v) is 13.8. The third kappa shape index (κ3) is 5.25. The molecule has 2 atom stereocenters. The quantitative estimate of drug-likeness (QED) is 0.814. The number of aliphatic hydroxyl groups excluding tert-OH is 2. The Kier molecular flexibility index (Phi) is 5.39. The summed E-state index contributed by atoms with van der Waals surface area (Å²) in [4.78, 5) is 0. The van der Waals surface area contributed by atoms with Gasteiger partial charge in [-0.2, -0.15) is 0 Å². The number of nitrogens with zero attached hydrogens (tertiary/aromatic N) is 2. The largest absolute Gasteiger partial charge is 0.394 e. The highest BCUT2D eigenvalue weighted by Gasteiger charge is 2.34. The lowest BCUT2D eigenvalue weighted by Crippen LogP contribution is -2.40. The maximum Gasteiger partial charge on any atom is 0.244 e. The summed E-state index contributed by atoms with van der Waals surface area (Å²) in [5, 5.41) is 18.4. The number of aliphatic hydroxyl groups is 2. The number of aromatic nitrogens is 2. The number of imidazole rings is 1. The van der Waals surface area contributed by atoms with E-state index in [4.69, 9.17) is 5.11 Å². The lowest BCUT2D eigenvalue weighted by molar-refractivity contribution is -0.703. The fourth-order valence-corrected chi connectivity index (χ4v) is 2.44. The van der Waals surface area contributed by atoms with E-state index in [1.165, 1.54) is 0 Å². The third-order valence-corrected chi connectivity index (χ3v) is 3.51. The molecule has 0 saturated carbocycles. The Morgan fingerprint density at radius 2 is 1.75 bits per heavy atom. The van der Waals surface area contributed by atoms with E-state index in [0.717, 1.165) is 6.42 Å². The van der Waals surface area contributed by atoms with Gasteiger partial charge in [-0.15, -0.1) is 0 Å². The van der Waals surface area contributed by atoms with Crippen molar-refractivity contribution >= 4 is 0 Å². The molecule has 4 nitrogen and oxygen atoms in total. The van der Waals surface area contributed by atoms with Crippen molar-refractivity contribution in [3.63, 3.8) is 0 Å². The fraction of sp³-hybridized carbons (Fsp3) is 0.812. The average Bonchev–Trinajstić information content (AvgIpc) is 2.71. The molecule has 116 valence electrons. The van der Waals surface area contributed by atoms with Crippen LogP contribution in [0.1, 0.15) is 54.0 Å². The minimum absolute atomic E-state index is 0.166. The van der Waals surface area contributed by atoms with Crippen LogP contribution in [0.2, 0.25) is 0 Å². The molecule has 0 spiro atoms. The molecule has 0 saturated heterocycles. The van der Waals surface area contributed by atoms with Crippen LogP contribution in [0, 0.1) is 10.8 Å². The molecule has 0 aliphatic carbocycles. The Balaban J connectivity index is 2.92. The van der Waals surface area contributed by atoms with Gasteiger partial charge in [0.15, 0.2) is 0 Å². The van der Waals surface area contributed by atoms with Crippen molar-refractivity contribution in [2.45, 2.75) is 66.7 Å². The molecule has 1 heterocycles. The summed E-state index contributed by atoms with van der Waals surface area (Å²) in [5.74, 6) is 0. The van der Waals surface area contributed by atoms with Crippen LogP contribution in [-0.2, 0) is 6.54 Å². The monoisotopic (exact) mass is 283 g/mol. The number of hydrogen-bond donors (Lipinski definition) is 2. The number of hydrogen-bond acceptors (Lipinski definition) is 2. The summed E-state index contributed by atoms with van der Waals surface area (Å²) >= 11 is 0. The topological polar surface area (TPSA) is 49.3 Å². The van der Waals surface area contributed by atoms with Crippen LogP contribution in [0.4, 0.5) is 0 Å². The van der Waals surface area contributed by atoms with Crippen LogP contribution >= 0.6 is 0 Å². The van der Waals surface area contributed by atoms with E-state index in [0.29, 0.717) is 12.6 Å². The van der Waals surface area contributed by atoms with Gasteiger partial charge in [-0.05, 0) is 11.8 Å². The zero-order valence-electron chi connectivity index (χ0n) is 13.8. The predicted octanol–water partition coefficient (Wildman–Crippen LogP) is 2.15. The zero-order chi connectivity index (χ0) is 15.6. The Hall–Kier alpha value is -0.870. The molecule has 2 N–H and O–H groups in total. The molecule has 0 bridgehead atoms. The van der Waals surface area contributed by atoms with Crippen molar-refractivity contribution in [1.82, 2.24) is 4.57 Å². The van der Waals surface area contributed by atoms with Crippen LogP contribution in [0.3, 0.4) is 0 Å². The van der Waals surface area contributed by atoms with E-state index in [1.54, 1.807) is 0 Å². The first kappa shape index (κ1) is 17.2. The standard InChI is InChI=1S/C16H31N2O2/c1-15(2,3)9-14(16(4,5)6)18-8-7-17(12-18)10-13(20)11-19/h7-8,12-14,19-20H,9-11H2,1-6H3/q+1. The van der Waals surface area contributed by atoms with Gasteiger partial charge in [-0.3, -0.25) is 0 Å². The van der Waals surface area contributed by atoms with E-state index in [-0.39, 0.29) is 17.4 Å². The third-order valence-electron chi connectivity index (χ3n) is 3.51. The fourth-order valence-electron chi connectivity index (χ4n) is 2.44. The molecular formula is C16H31N2O2+. The minimum Gasteiger partial charge on any atom is -0.394 e. The molecule has 0 aliphatic heterocycles. The average molecular weight is 283 g/mol. The molecule has 20 heavy (non-hydrogen) atoms. The second-order valence-electron chi connectivity index (χ2n) is 8.04. The summed E-state index contributed by atoms with van der Waals surface area (Å²) in [6.07, 6.45) is 6.44. The molecule has 2 unspecified atom stereocenters. The first-order chi connectivity index (χ1) is 9.03. The molecule has 1 aromatic heterocycles. The van der Waals surface area contributed by atoms with Gasteiger partial charge >= 0.3 is 0 Å². The van der Waals surface area contributed by atoms with Gasteiger partial charge in [0.2, 0.25) is 6.33 Å². The maximum atomic E-state index is 9.53. The molecule has 0 aliphatic rings. The molecule has 0 radical (unpaired) electrons. The normalized spacial score (nSPS) is 16.2. The Morgan fingerprint density at radius 3 is 2.20 bits per heavy atom. The highest BCUT2D eigenvalue weighted by Crippen LogP contribution is 2.39. The lowest BCUT2D eigenvalue weighted by atomic mass is 9.77. The van der Waals surface area contributed by atoms with Crippen molar-refractivity contribution in [3.8, 4) is 0 Å². The van der Waals surface area contributed by atoms with Crippen LogP contribution in [-0.4, -0.2) is 27.5 Å².